The first-order chi connectivity index (χ1) is 9.90. The highest BCUT2D eigenvalue weighted by atomic mass is 32.1. The second kappa shape index (κ2) is 5.92. The number of halogens is 3. The summed E-state index contributed by atoms with van der Waals surface area (Å²) in [7, 11) is 0. The number of anilines is 1. The Labute approximate surface area is 123 Å². The maximum absolute atomic E-state index is 13.8. The fourth-order valence-corrected chi connectivity index (χ4v) is 1.80. The van der Waals surface area contributed by atoms with Crippen molar-refractivity contribution in [2.24, 2.45) is 5.73 Å². The van der Waals surface area contributed by atoms with Gasteiger partial charge in [0, 0.05) is 5.56 Å². The SMILES string of the molecule is NC(=S)c1ccc(NC(=O)c2c(F)cccc2F)c(F)c1. The average Bonchev–Trinajstić information content (AvgIpc) is 2.40. The molecular formula is C14H9F3N2OS. The molecule has 0 spiro atoms. The van der Waals surface area contributed by atoms with Crippen molar-refractivity contribution in [3.05, 3.63) is 65.0 Å². The summed E-state index contributed by atoms with van der Waals surface area (Å²) >= 11 is 4.69. The van der Waals surface area contributed by atoms with Gasteiger partial charge in [0.2, 0.25) is 0 Å². The van der Waals surface area contributed by atoms with E-state index in [-0.39, 0.29) is 16.2 Å². The molecule has 3 N–H and O–H groups in total. The van der Waals surface area contributed by atoms with Crippen LogP contribution in [0.3, 0.4) is 0 Å². The number of hydrogen-bond donors (Lipinski definition) is 2. The van der Waals surface area contributed by atoms with Gasteiger partial charge in [0.1, 0.15) is 28.0 Å². The molecule has 0 aromatic heterocycles. The van der Waals surface area contributed by atoms with Gasteiger partial charge in [-0.05, 0) is 30.3 Å². The third-order valence-electron chi connectivity index (χ3n) is 2.69. The summed E-state index contributed by atoms with van der Waals surface area (Å²) in [6, 6.07) is 6.61. The van der Waals surface area contributed by atoms with Crippen molar-refractivity contribution in [2.45, 2.75) is 0 Å². The monoisotopic (exact) mass is 310 g/mol. The molecule has 0 saturated carbocycles. The van der Waals surface area contributed by atoms with E-state index >= 15 is 0 Å². The summed E-state index contributed by atoms with van der Waals surface area (Å²) in [6.07, 6.45) is 0. The molecule has 108 valence electrons. The van der Waals surface area contributed by atoms with Gasteiger partial charge in [0.15, 0.2) is 0 Å². The lowest BCUT2D eigenvalue weighted by molar-refractivity contribution is 0.101. The normalized spacial score (nSPS) is 10.2. The van der Waals surface area contributed by atoms with Crippen LogP contribution in [0.5, 0.6) is 0 Å². The average molecular weight is 310 g/mol. The number of thiocarbonyl (C=S) groups is 1. The van der Waals surface area contributed by atoms with E-state index in [1.54, 1.807) is 0 Å². The quantitative estimate of drug-likeness (QED) is 0.857. The lowest BCUT2D eigenvalue weighted by Gasteiger charge is -2.09. The van der Waals surface area contributed by atoms with Crippen molar-refractivity contribution in [1.82, 2.24) is 0 Å². The van der Waals surface area contributed by atoms with Crippen molar-refractivity contribution in [1.29, 1.82) is 0 Å². The maximum Gasteiger partial charge on any atom is 0.261 e. The van der Waals surface area contributed by atoms with Crippen molar-refractivity contribution in [3.63, 3.8) is 0 Å². The molecule has 2 aromatic carbocycles. The van der Waals surface area contributed by atoms with Crippen molar-refractivity contribution in [3.8, 4) is 0 Å². The summed E-state index contributed by atoms with van der Waals surface area (Å²) < 4.78 is 40.7. The Hall–Kier alpha value is -2.41. The number of hydrogen-bond acceptors (Lipinski definition) is 2. The van der Waals surface area contributed by atoms with Gasteiger partial charge < -0.3 is 11.1 Å². The minimum atomic E-state index is -1.09. The highest BCUT2D eigenvalue weighted by Gasteiger charge is 2.18. The summed E-state index contributed by atoms with van der Waals surface area (Å²) in [5, 5.41) is 2.10. The Bertz CT molecular complexity index is 714. The molecule has 0 aliphatic heterocycles. The highest BCUT2D eigenvalue weighted by molar-refractivity contribution is 7.80. The zero-order chi connectivity index (χ0) is 15.6. The largest absolute Gasteiger partial charge is 0.389 e. The summed E-state index contributed by atoms with van der Waals surface area (Å²) in [6.45, 7) is 0. The van der Waals surface area contributed by atoms with Crippen molar-refractivity contribution >= 4 is 28.8 Å². The lowest BCUT2D eigenvalue weighted by Crippen LogP contribution is -2.17. The van der Waals surface area contributed by atoms with Gasteiger partial charge in [-0.1, -0.05) is 18.3 Å². The number of nitrogens with one attached hydrogen (secondary N) is 1. The van der Waals surface area contributed by atoms with E-state index in [9.17, 15) is 18.0 Å². The van der Waals surface area contributed by atoms with Crippen LogP contribution in [0.25, 0.3) is 0 Å². The predicted molar refractivity (Wildman–Crippen MR) is 76.6 cm³/mol. The fraction of sp³-hybridized carbons (Fsp3) is 0. The molecule has 0 fully saturated rings. The van der Waals surface area contributed by atoms with E-state index in [1.165, 1.54) is 12.1 Å². The number of amides is 1. The molecule has 0 atom stereocenters. The van der Waals surface area contributed by atoms with Gasteiger partial charge in [-0.3, -0.25) is 4.79 Å². The van der Waals surface area contributed by atoms with Crippen molar-refractivity contribution in [2.75, 3.05) is 5.32 Å². The second-order valence-electron chi connectivity index (χ2n) is 4.11. The van der Waals surface area contributed by atoms with E-state index in [0.29, 0.717) is 0 Å². The first-order valence-electron chi connectivity index (χ1n) is 5.75. The molecule has 2 aromatic rings. The molecule has 0 unspecified atom stereocenters. The Balaban J connectivity index is 2.30. The third-order valence-corrected chi connectivity index (χ3v) is 2.93. The highest BCUT2D eigenvalue weighted by Crippen LogP contribution is 2.19. The van der Waals surface area contributed by atoms with Crippen LogP contribution in [0.4, 0.5) is 18.9 Å². The number of nitrogens with two attached hydrogens (primary N) is 1. The Morgan fingerprint density at radius 2 is 1.67 bits per heavy atom. The molecule has 0 aliphatic carbocycles. The predicted octanol–water partition coefficient (Wildman–Crippen LogP) is 2.99. The number of carbonyl (C=O) groups excluding carboxylic acids is 1. The third kappa shape index (κ3) is 3.19. The van der Waals surface area contributed by atoms with Gasteiger partial charge >= 0.3 is 0 Å². The Morgan fingerprint density at radius 3 is 2.19 bits per heavy atom. The van der Waals surface area contributed by atoms with Gasteiger partial charge in [0.25, 0.3) is 5.91 Å². The Kier molecular flexibility index (Phi) is 4.23. The molecule has 2 rings (SSSR count). The van der Waals surface area contributed by atoms with Crippen LogP contribution in [-0.2, 0) is 0 Å². The number of benzene rings is 2. The lowest BCUT2D eigenvalue weighted by atomic mass is 10.1. The molecule has 0 heterocycles. The van der Waals surface area contributed by atoms with Gasteiger partial charge in [-0.25, -0.2) is 13.2 Å². The molecule has 21 heavy (non-hydrogen) atoms. The van der Waals surface area contributed by atoms with Crippen LogP contribution in [0.15, 0.2) is 36.4 Å². The van der Waals surface area contributed by atoms with Crippen molar-refractivity contribution < 1.29 is 18.0 Å². The fourth-order valence-electron chi connectivity index (χ4n) is 1.67. The number of carbonyl (C=O) groups is 1. The molecule has 0 aliphatic rings. The van der Waals surface area contributed by atoms with Gasteiger partial charge in [-0.15, -0.1) is 0 Å². The standard InChI is InChI=1S/C14H9F3N2OS/c15-8-2-1-3-9(16)12(8)14(20)19-11-5-4-7(13(18)21)6-10(11)17/h1-6H,(H2,18,21)(H,19,20). The molecule has 3 nitrogen and oxygen atoms in total. The zero-order valence-corrected chi connectivity index (χ0v) is 11.3. The summed E-state index contributed by atoms with van der Waals surface area (Å²) in [4.78, 5) is 11.8. The van der Waals surface area contributed by atoms with E-state index in [1.807, 2.05) is 0 Å². The van der Waals surface area contributed by atoms with Gasteiger partial charge in [-0.2, -0.15) is 0 Å². The zero-order valence-electron chi connectivity index (χ0n) is 10.5. The van der Waals surface area contributed by atoms with Crippen LogP contribution in [0.2, 0.25) is 0 Å². The van der Waals surface area contributed by atoms with Crippen LogP contribution >= 0.6 is 12.2 Å². The summed E-state index contributed by atoms with van der Waals surface area (Å²) in [5.74, 6) is -3.97. The van der Waals surface area contributed by atoms with E-state index in [4.69, 9.17) is 5.73 Å². The topological polar surface area (TPSA) is 55.1 Å². The molecule has 0 saturated heterocycles. The van der Waals surface area contributed by atoms with E-state index < -0.39 is 28.9 Å². The molecular weight excluding hydrogens is 301 g/mol. The summed E-state index contributed by atoms with van der Waals surface area (Å²) in [5.41, 5.74) is 4.60. The first kappa shape index (κ1) is 15.0. The van der Waals surface area contributed by atoms with Gasteiger partial charge in [0.05, 0.1) is 5.69 Å². The molecule has 0 radical (unpaired) electrons. The minimum absolute atomic E-state index is 0.00748. The maximum atomic E-state index is 13.8. The van der Waals surface area contributed by atoms with Crippen LogP contribution < -0.4 is 11.1 Å². The van der Waals surface area contributed by atoms with Crippen LogP contribution in [0, 0.1) is 17.5 Å². The molecule has 7 heteroatoms. The molecule has 1 amide bonds. The van der Waals surface area contributed by atoms with E-state index in [2.05, 4.69) is 17.5 Å². The van der Waals surface area contributed by atoms with Crippen LogP contribution in [-0.4, -0.2) is 10.9 Å². The number of rotatable bonds is 3. The second-order valence-corrected chi connectivity index (χ2v) is 4.55. The van der Waals surface area contributed by atoms with Crippen LogP contribution in [0.1, 0.15) is 15.9 Å². The minimum Gasteiger partial charge on any atom is -0.389 e. The Morgan fingerprint density at radius 1 is 1.05 bits per heavy atom. The van der Waals surface area contributed by atoms with E-state index in [0.717, 1.165) is 24.3 Å². The smallest absolute Gasteiger partial charge is 0.261 e. The first-order valence-corrected chi connectivity index (χ1v) is 6.15. The molecule has 0 bridgehead atoms.